The van der Waals surface area contributed by atoms with Crippen LogP contribution in [0.3, 0.4) is 0 Å². The average Bonchev–Trinajstić information content (AvgIpc) is 3.38. The second kappa shape index (κ2) is 11.0. The minimum Gasteiger partial charge on any atom is -1.00 e. The molecule has 0 bridgehead atoms. The van der Waals surface area contributed by atoms with E-state index < -0.39 is 0 Å². The van der Waals surface area contributed by atoms with Crippen molar-refractivity contribution in [1.82, 2.24) is 0 Å². The van der Waals surface area contributed by atoms with E-state index in [1.165, 1.54) is 29.7 Å². The summed E-state index contributed by atoms with van der Waals surface area (Å²) in [5, 5.41) is 11.6. The normalized spacial score (nSPS) is 17.1. The van der Waals surface area contributed by atoms with Gasteiger partial charge in [-0.3, -0.25) is 10.1 Å². The summed E-state index contributed by atoms with van der Waals surface area (Å²) in [7, 11) is 0. The monoisotopic (exact) mass is 520 g/mol. The van der Waals surface area contributed by atoms with Crippen LogP contribution in [0.5, 0.6) is 5.75 Å². The molecule has 0 aromatic heterocycles. The van der Waals surface area contributed by atoms with Crippen LogP contribution in [0.2, 0.25) is 0 Å². The van der Waals surface area contributed by atoms with Gasteiger partial charge in [-0.15, -0.1) is 0 Å². The molecule has 34 heavy (non-hydrogen) atoms. The van der Waals surface area contributed by atoms with Gasteiger partial charge in [0.25, 0.3) is 0 Å². The van der Waals surface area contributed by atoms with E-state index in [0.717, 1.165) is 43.5 Å². The van der Waals surface area contributed by atoms with E-state index in [9.17, 15) is 10.1 Å². The molecule has 0 saturated carbocycles. The summed E-state index contributed by atoms with van der Waals surface area (Å²) in [4.78, 5) is 11.3. The lowest BCUT2D eigenvalue weighted by molar-refractivity contribution is -0.509. The van der Waals surface area contributed by atoms with Gasteiger partial charge in [0.15, 0.2) is 11.5 Å². The third-order valence-corrected chi connectivity index (χ3v) is 6.89. The number of ether oxygens (including phenoxy) is 1. The molecular formula is C28H29BrN2O3. The van der Waals surface area contributed by atoms with Crippen molar-refractivity contribution < 1.29 is 31.2 Å². The third kappa shape index (κ3) is 5.22. The number of fused-ring (bicyclic) bond motifs is 1. The Morgan fingerprint density at radius 1 is 0.912 bits per heavy atom. The lowest BCUT2D eigenvalue weighted by Gasteiger charge is -2.26. The van der Waals surface area contributed by atoms with Gasteiger partial charge in [0.05, 0.1) is 10.8 Å². The Labute approximate surface area is 211 Å². The molecule has 0 N–H and O–H groups in total. The highest BCUT2D eigenvalue weighted by molar-refractivity contribution is 5.89. The van der Waals surface area contributed by atoms with Gasteiger partial charge in [-0.1, -0.05) is 60.7 Å². The van der Waals surface area contributed by atoms with Crippen molar-refractivity contribution in [2.45, 2.75) is 44.6 Å². The lowest BCUT2D eigenvalue weighted by Crippen LogP contribution is -3.00. The summed E-state index contributed by atoms with van der Waals surface area (Å²) in [5.41, 5.74) is 6.42. The number of nitro groups is 1. The fraction of sp³-hybridized carbons (Fsp3) is 0.321. The van der Waals surface area contributed by atoms with Gasteiger partial charge in [0, 0.05) is 25.3 Å². The summed E-state index contributed by atoms with van der Waals surface area (Å²) < 4.78 is 8.53. The van der Waals surface area contributed by atoms with Gasteiger partial charge in [-0.05, 0) is 41.2 Å². The predicted molar refractivity (Wildman–Crippen MR) is 129 cm³/mol. The Morgan fingerprint density at radius 2 is 1.65 bits per heavy atom. The highest BCUT2D eigenvalue weighted by atomic mass is 79.9. The van der Waals surface area contributed by atoms with E-state index in [0.29, 0.717) is 18.3 Å². The maximum Gasteiger partial charge on any atom is 0.310 e. The van der Waals surface area contributed by atoms with Crippen molar-refractivity contribution in [3.05, 3.63) is 105 Å². The first-order valence-corrected chi connectivity index (χ1v) is 11.8. The van der Waals surface area contributed by atoms with Crippen molar-refractivity contribution in [1.29, 1.82) is 0 Å². The first-order valence-electron chi connectivity index (χ1n) is 11.8. The molecule has 6 heteroatoms. The van der Waals surface area contributed by atoms with E-state index in [4.69, 9.17) is 4.74 Å². The van der Waals surface area contributed by atoms with Gasteiger partial charge >= 0.3 is 5.69 Å². The minimum atomic E-state index is -0.359. The molecule has 1 fully saturated rings. The van der Waals surface area contributed by atoms with Crippen molar-refractivity contribution >= 4 is 11.4 Å². The Morgan fingerprint density at radius 3 is 2.41 bits per heavy atom. The Kier molecular flexibility index (Phi) is 7.78. The number of aryl methyl sites for hydroxylation is 1. The Bertz CT molecular complexity index is 1190. The summed E-state index contributed by atoms with van der Waals surface area (Å²) in [6.07, 6.45) is 5.51. The van der Waals surface area contributed by atoms with Gasteiger partial charge < -0.3 is 21.7 Å². The Hall–Kier alpha value is -2.99. The molecule has 0 amide bonds. The van der Waals surface area contributed by atoms with Crippen molar-refractivity contribution in [3.63, 3.8) is 0 Å². The highest BCUT2D eigenvalue weighted by Gasteiger charge is 2.34. The zero-order valence-electron chi connectivity index (χ0n) is 19.2. The van der Waals surface area contributed by atoms with E-state index >= 15 is 0 Å². The maximum absolute atomic E-state index is 11.6. The number of halogens is 1. The first kappa shape index (κ1) is 24.1. The number of nitro benzene ring substituents is 1. The molecule has 3 aromatic rings. The van der Waals surface area contributed by atoms with Gasteiger partial charge in [0.1, 0.15) is 19.7 Å². The van der Waals surface area contributed by atoms with Crippen molar-refractivity contribution in [3.8, 4) is 5.75 Å². The molecule has 1 atom stereocenters. The molecule has 1 saturated heterocycles. The summed E-state index contributed by atoms with van der Waals surface area (Å²) in [5.74, 6) is 0.643. The summed E-state index contributed by atoms with van der Waals surface area (Å²) in [6, 6.07) is 23.9. The van der Waals surface area contributed by atoms with Crippen LogP contribution < -0.4 is 21.7 Å². The van der Waals surface area contributed by atoms with Crippen LogP contribution in [0, 0.1) is 10.1 Å². The number of rotatable bonds is 6. The van der Waals surface area contributed by atoms with Gasteiger partial charge in [-0.25, -0.2) is 4.58 Å². The molecule has 1 aliphatic carbocycles. The second-order valence-corrected chi connectivity index (χ2v) is 8.97. The molecule has 176 valence electrons. The maximum atomic E-state index is 11.6. The van der Waals surface area contributed by atoms with Crippen LogP contribution in [-0.2, 0) is 19.4 Å². The molecule has 5 nitrogen and oxygen atoms in total. The molecule has 5 rings (SSSR count). The average molecular weight is 521 g/mol. The van der Waals surface area contributed by atoms with Crippen molar-refractivity contribution in [2.75, 3.05) is 13.1 Å². The number of nitrogens with zero attached hydrogens (tertiary/aromatic N) is 2. The van der Waals surface area contributed by atoms with Crippen molar-refractivity contribution in [2.24, 2.45) is 0 Å². The fourth-order valence-electron chi connectivity index (χ4n) is 5.25. The topological polar surface area (TPSA) is 55.4 Å². The van der Waals surface area contributed by atoms with Crippen LogP contribution in [0.1, 0.15) is 47.4 Å². The predicted octanol–water partition coefficient (Wildman–Crippen LogP) is 2.70. The second-order valence-electron chi connectivity index (χ2n) is 8.97. The minimum absolute atomic E-state index is 0. The fourth-order valence-corrected chi connectivity index (χ4v) is 5.25. The van der Waals surface area contributed by atoms with Gasteiger partial charge in [-0.2, -0.15) is 0 Å². The molecule has 1 aliphatic heterocycles. The molecule has 0 radical (unpaired) electrons. The first-order chi connectivity index (χ1) is 16.2. The number of hydrogen-bond acceptors (Lipinski definition) is 3. The van der Waals surface area contributed by atoms with Crippen LogP contribution in [-0.4, -0.2) is 28.3 Å². The van der Waals surface area contributed by atoms with Crippen LogP contribution in [0.15, 0.2) is 72.8 Å². The zero-order chi connectivity index (χ0) is 22.6. The molecule has 1 heterocycles. The molecule has 1 unspecified atom stereocenters. The Balaban J connectivity index is 0.00000274. The molecule has 0 spiro atoms. The lowest BCUT2D eigenvalue weighted by atomic mass is 9.78. The molecule has 3 aromatic carbocycles. The SMILES string of the molecule is O=[N+]([O-])c1ccc(CC2C(=[N+]3CCCC3)CCc3ccccc32)cc1OCc1ccccc1.[Br-]. The third-order valence-electron chi connectivity index (χ3n) is 6.89. The smallest absolute Gasteiger partial charge is 0.310 e. The standard InChI is InChI=1S/C28H29N2O3.BrH/c31-30(32)27-14-12-22(19-28(27)33-20-21-8-2-1-3-9-21)18-25-24-11-5-4-10-23(24)13-15-26(25)29-16-6-7-17-29;/h1-5,8-12,14,19,25H,6-7,13,15-18,20H2;1H/q+1;/p-1. The quantitative estimate of drug-likeness (QED) is 0.285. The summed E-state index contributed by atoms with van der Waals surface area (Å²) in [6.45, 7) is 2.59. The molecular weight excluding hydrogens is 492 g/mol. The zero-order valence-corrected chi connectivity index (χ0v) is 20.7. The van der Waals surface area contributed by atoms with Crippen LogP contribution >= 0.6 is 0 Å². The van der Waals surface area contributed by atoms with E-state index in [1.807, 2.05) is 42.5 Å². The highest BCUT2D eigenvalue weighted by Crippen LogP contribution is 2.36. The van der Waals surface area contributed by atoms with E-state index in [-0.39, 0.29) is 27.6 Å². The number of hydrogen-bond donors (Lipinski definition) is 0. The molecule has 2 aliphatic rings. The van der Waals surface area contributed by atoms with E-state index in [1.54, 1.807) is 6.07 Å². The van der Waals surface area contributed by atoms with E-state index in [2.05, 4.69) is 28.8 Å². The van der Waals surface area contributed by atoms with Crippen LogP contribution in [0.4, 0.5) is 5.69 Å². The number of benzene rings is 3. The summed E-state index contributed by atoms with van der Waals surface area (Å²) >= 11 is 0. The van der Waals surface area contributed by atoms with Crippen LogP contribution in [0.25, 0.3) is 0 Å². The van der Waals surface area contributed by atoms with Gasteiger partial charge in [0.2, 0.25) is 0 Å². The largest absolute Gasteiger partial charge is 1.00 e.